The molecule has 0 amide bonds. The maximum atomic E-state index is 12.1. The van der Waals surface area contributed by atoms with Crippen molar-refractivity contribution in [2.24, 2.45) is 46.2 Å². The van der Waals surface area contributed by atoms with Crippen LogP contribution < -0.4 is 5.73 Å². The molecule has 13 heteroatoms. The van der Waals surface area contributed by atoms with E-state index in [4.69, 9.17) is 35.4 Å². The van der Waals surface area contributed by atoms with E-state index in [9.17, 15) is 24.3 Å². The number of fused-ring (bicyclic) bond motifs is 5. The van der Waals surface area contributed by atoms with E-state index < -0.39 is 54.0 Å². The summed E-state index contributed by atoms with van der Waals surface area (Å²) in [5.41, 5.74) is 4.35. The smallest absolute Gasteiger partial charge is 0.336 e. The number of carbonyl (C=O) groups is 4. The van der Waals surface area contributed by atoms with Gasteiger partial charge in [0.1, 0.15) is 6.04 Å². The van der Waals surface area contributed by atoms with Crippen molar-refractivity contribution in [2.75, 3.05) is 0 Å². The molecule has 0 saturated heterocycles. The Labute approximate surface area is 281 Å². The van der Waals surface area contributed by atoms with Crippen LogP contribution in [0.5, 0.6) is 0 Å². The Kier molecular flexibility index (Phi) is 11.1. The van der Waals surface area contributed by atoms with Crippen LogP contribution in [0.2, 0.25) is 0 Å². The zero-order valence-electron chi connectivity index (χ0n) is 28.8. The van der Waals surface area contributed by atoms with E-state index in [2.05, 4.69) is 19.0 Å². The predicted octanol–water partition coefficient (Wildman–Crippen LogP) is 4.33. The summed E-state index contributed by atoms with van der Waals surface area (Å²) in [5.74, 6) is -1.40. The molecule has 0 aliphatic heterocycles. The number of carboxylic acid groups (broad SMARTS) is 3. The highest BCUT2D eigenvalue weighted by molar-refractivity contribution is 5.88. The van der Waals surface area contributed by atoms with Gasteiger partial charge in [0.15, 0.2) is 18.0 Å². The van der Waals surface area contributed by atoms with E-state index in [-0.39, 0.29) is 17.9 Å². The van der Waals surface area contributed by atoms with Crippen LogP contribution in [0.3, 0.4) is 0 Å². The topological polar surface area (TPSA) is 231 Å². The normalized spacial score (nSPS) is 34.9. The molecular formula is C35H54N2O11. The fourth-order valence-corrected chi connectivity index (χ4v) is 9.70. The van der Waals surface area contributed by atoms with E-state index in [1.807, 2.05) is 26.8 Å². The molecule has 1 aromatic heterocycles. The first-order chi connectivity index (χ1) is 22.2. The first-order valence-electron chi connectivity index (χ1n) is 17.2. The summed E-state index contributed by atoms with van der Waals surface area (Å²) in [5, 5.41) is 49.0. The minimum atomic E-state index is -2.74. The van der Waals surface area contributed by atoms with Crippen molar-refractivity contribution in [1.82, 2.24) is 5.16 Å². The number of nitrogens with zero attached hydrogens (tertiary/aromatic N) is 1. The first-order valence-corrected chi connectivity index (χ1v) is 17.2. The van der Waals surface area contributed by atoms with E-state index in [1.54, 1.807) is 0 Å². The largest absolute Gasteiger partial charge is 0.481 e. The zero-order chi connectivity index (χ0) is 35.8. The molecule has 1 aromatic rings. The van der Waals surface area contributed by atoms with Gasteiger partial charge in [0.05, 0.1) is 24.1 Å². The molecule has 9 atom stereocenters. The van der Waals surface area contributed by atoms with Gasteiger partial charge in [-0.25, -0.2) is 4.79 Å². The number of esters is 1. The van der Waals surface area contributed by atoms with Gasteiger partial charge in [0.2, 0.25) is 0 Å². The van der Waals surface area contributed by atoms with Gasteiger partial charge in [0.25, 0.3) is 0 Å². The molecule has 4 aliphatic rings. The van der Waals surface area contributed by atoms with Crippen molar-refractivity contribution in [2.45, 2.75) is 135 Å². The van der Waals surface area contributed by atoms with E-state index in [0.29, 0.717) is 23.0 Å². The highest BCUT2D eigenvalue weighted by Gasteiger charge is 2.61. The third-order valence-corrected chi connectivity index (χ3v) is 12.5. The molecule has 5 rings (SSSR count). The molecule has 7 N–H and O–H groups in total. The molecule has 13 nitrogen and oxygen atoms in total. The quantitative estimate of drug-likeness (QED) is 0.190. The van der Waals surface area contributed by atoms with Crippen molar-refractivity contribution in [1.29, 1.82) is 0 Å². The van der Waals surface area contributed by atoms with Crippen LogP contribution in [0.1, 0.15) is 123 Å². The Hall–Kier alpha value is -3.03. The first kappa shape index (κ1) is 37.8. The van der Waals surface area contributed by atoms with Crippen molar-refractivity contribution in [3.63, 3.8) is 0 Å². The van der Waals surface area contributed by atoms with Crippen molar-refractivity contribution in [3.05, 3.63) is 17.5 Å². The summed E-state index contributed by atoms with van der Waals surface area (Å²) >= 11 is 0. The zero-order valence-corrected chi connectivity index (χ0v) is 28.8. The molecule has 1 heterocycles. The Bertz CT molecular complexity index is 1340. The van der Waals surface area contributed by atoms with E-state index in [0.717, 1.165) is 42.7 Å². The third-order valence-electron chi connectivity index (χ3n) is 12.5. The molecule has 2 unspecified atom stereocenters. The maximum absolute atomic E-state index is 12.1. The number of hydrogen-bond donors (Lipinski definition) is 6. The van der Waals surface area contributed by atoms with Gasteiger partial charge in [-0.3, -0.25) is 14.4 Å². The van der Waals surface area contributed by atoms with Crippen LogP contribution in [-0.4, -0.2) is 71.8 Å². The average Bonchev–Trinajstić information content (AvgIpc) is 3.58. The summed E-state index contributed by atoms with van der Waals surface area (Å²) in [6.07, 6.45) is 8.33. The molecule has 4 fully saturated rings. The van der Waals surface area contributed by atoms with Crippen LogP contribution in [0, 0.1) is 40.4 Å². The Morgan fingerprint density at radius 3 is 2.17 bits per heavy atom. The predicted molar refractivity (Wildman–Crippen MR) is 171 cm³/mol. The van der Waals surface area contributed by atoms with Crippen LogP contribution >= 0.6 is 0 Å². The van der Waals surface area contributed by atoms with Crippen LogP contribution in [0.15, 0.2) is 10.6 Å². The van der Waals surface area contributed by atoms with E-state index >= 15 is 0 Å². The second kappa shape index (κ2) is 14.1. The number of hydrogen-bond acceptors (Lipinski definition) is 10. The van der Waals surface area contributed by atoms with Crippen LogP contribution in [0.25, 0.3) is 0 Å². The number of carbonyl (C=O) groups excluding carboxylic acids is 1. The minimum Gasteiger partial charge on any atom is -0.481 e. The van der Waals surface area contributed by atoms with Crippen molar-refractivity contribution >= 4 is 23.9 Å². The standard InChI is InChI=1S/C29H46N2O4.C6H8O7/c1-17(2)25(30)26(32)34-16-19-14-24(31-35-19)23-9-8-21-20-7-6-18-15-27(3,33)12-13-28(18,4)22(20)10-11-29(21,23)5;7-3(8)1-6(13,5(11)12)2-4(9)10/h14,17-18,20-23,25,33H,6-13,15-16,30H2,1-5H3;13H,1-2H2,(H,7,8)(H,9,10)(H,11,12)/t18?,20-,21-,22?,23+,25-,27+,28-,29-;/m0./s1. The monoisotopic (exact) mass is 678 g/mol. The Morgan fingerprint density at radius 1 is 0.958 bits per heavy atom. The number of nitrogens with two attached hydrogens (primary N) is 1. The summed E-state index contributed by atoms with van der Waals surface area (Å²) in [6, 6.07) is 1.40. The van der Waals surface area contributed by atoms with Crippen LogP contribution in [-0.2, 0) is 30.5 Å². The van der Waals surface area contributed by atoms with Gasteiger partial charge >= 0.3 is 23.9 Å². The lowest BCUT2D eigenvalue weighted by Gasteiger charge is -2.61. The molecule has 0 radical (unpaired) electrons. The molecular weight excluding hydrogens is 624 g/mol. The number of aliphatic carboxylic acids is 3. The van der Waals surface area contributed by atoms with Crippen molar-refractivity contribution in [3.8, 4) is 0 Å². The molecule has 0 spiro atoms. The molecule has 270 valence electrons. The van der Waals surface area contributed by atoms with Crippen molar-refractivity contribution < 1.29 is 54.0 Å². The number of rotatable bonds is 10. The fourth-order valence-electron chi connectivity index (χ4n) is 9.70. The molecule has 4 aliphatic carbocycles. The second-order valence-corrected chi connectivity index (χ2v) is 16.1. The summed E-state index contributed by atoms with van der Waals surface area (Å²) in [6.45, 7) is 11.0. The second-order valence-electron chi connectivity index (χ2n) is 16.1. The fraction of sp³-hybridized carbons (Fsp3) is 0.800. The Balaban J connectivity index is 0.000000341. The minimum absolute atomic E-state index is 0.0392. The lowest BCUT2D eigenvalue weighted by molar-refractivity contribution is -0.170. The number of aliphatic hydroxyl groups is 2. The highest BCUT2D eigenvalue weighted by atomic mass is 16.6. The number of aromatic nitrogens is 1. The highest BCUT2D eigenvalue weighted by Crippen LogP contribution is 2.69. The van der Waals surface area contributed by atoms with Gasteiger partial charge in [-0.2, -0.15) is 0 Å². The average molecular weight is 679 g/mol. The van der Waals surface area contributed by atoms with Gasteiger partial charge in [0, 0.05) is 12.0 Å². The molecule has 4 saturated carbocycles. The van der Waals surface area contributed by atoms with Gasteiger partial charge < -0.3 is 40.5 Å². The summed E-state index contributed by atoms with van der Waals surface area (Å²) < 4.78 is 11.0. The molecule has 0 bridgehead atoms. The van der Waals surface area contributed by atoms with E-state index in [1.165, 1.54) is 38.5 Å². The Morgan fingerprint density at radius 2 is 1.58 bits per heavy atom. The van der Waals surface area contributed by atoms with Gasteiger partial charge in [-0.1, -0.05) is 32.9 Å². The third kappa shape index (κ3) is 7.73. The number of carboxylic acids is 3. The maximum Gasteiger partial charge on any atom is 0.336 e. The number of ether oxygens (including phenoxy) is 1. The molecule has 0 aromatic carbocycles. The summed E-state index contributed by atoms with van der Waals surface area (Å²) in [4.78, 5) is 42.6. The van der Waals surface area contributed by atoms with Crippen LogP contribution in [0.4, 0.5) is 0 Å². The molecule has 48 heavy (non-hydrogen) atoms. The van der Waals surface area contributed by atoms with Gasteiger partial charge in [-0.15, -0.1) is 0 Å². The SMILES string of the molecule is CC(C)[C@H](N)C(=O)OCc1cc([C@H]2CC[C@H]3[C@@H]4CCC5C[C@](C)(O)CC[C@]5(C)C4CC[C@]23C)no1.O=C(O)CC(O)(CC(=O)O)C(=O)O. The lowest BCUT2D eigenvalue weighted by Crippen LogP contribution is -2.55. The van der Waals surface area contributed by atoms with Gasteiger partial charge in [-0.05, 0) is 105 Å². The lowest BCUT2D eigenvalue weighted by atomic mass is 9.44. The summed E-state index contributed by atoms with van der Waals surface area (Å²) in [7, 11) is 0.